The molecule has 2 saturated heterocycles. The molecule has 2 atom stereocenters. The molecule has 2 aliphatic heterocycles. The van der Waals surface area contributed by atoms with Crippen molar-refractivity contribution in [1.29, 1.82) is 0 Å². The second-order valence-electron chi connectivity index (χ2n) is 7.09. The number of ether oxygens (including phenoxy) is 1. The summed E-state index contributed by atoms with van der Waals surface area (Å²) in [7, 11) is -3.67. The van der Waals surface area contributed by atoms with Gasteiger partial charge in [0.25, 0.3) is 10.1 Å². The number of aliphatic hydroxyl groups is 1. The van der Waals surface area contributed by atoms with E-state index in [1.165, 1.54) is 0 Å². The van der Waals surface area contributed by atoms with Crippen molar-refractivity contribution in [2.24, 2.45) is 0 Å². The molecule has 3 N–H and O–H groups in total. The molecule has 1 aromatic carbocycles. The van der Waals surface area contributed by atoms with Crippen LogP contribution in [0.4, 0.5) is 0 Å². The van der Waals surface area contributed by atoms with Gasteiger partial charge in [-0.3, -0.25) is 9.35 Å². The summed E-state index contributed by atoms with van der Waals surface area (Å²) < 4.78 is 31.9. The van der Waals surface area contributed by atoms with E-state index in [9.17, 15) is 18.3 Å². The van der Waals surface area contributed by atoms with Gasteiger partial charge in [0.2, 0.25) is 5.91 Å². The Morgan fingerprint density at radius 3 is 2.62 bits per heavy atom. The van der Waals surface area contributed by atoms with Crippen LogP contribution < -0.4 is 5.32 Å². The first-order valence-corrected chi connectivity index (χ1v) is 11.8. The van der Waals surface area contributed by atoms with Gasteiger partial charge in [-0.2, -0.15) is 8.42 Å². The fourth-order valence-corrected chi connectivity index (χ4v) is 3.82. The van der Waals surface area contributed by atoms with Crippen molar-refractivity contribution in [3.05, 3.63) is 33.8 Å². The summed E-state index contributed by atoms with van der Waals surface area (Å²) in [5.41, 5.74) is 0.0815. The fourth-order valence-electron chi connectivity index (χ4n) is 3.52. The number of nitrogens with zero attached hydrogens (tertiary/aromatic N) is 1. The third kappa shape index (κ3) is 7.06. The van der Waals surface area contributed by atoms with Gasteiger partial charge in [-0.05, 0) is 37.1 Å². The van der Waals surface area contributed by atoms with Crippen LogP contribution in [0.3, 0.4) is 0 Å². The lowest BCUT2D eigenvalue weighted by atomic mass is 9.88. The minimum absolute atomic E-state index is 0.0377. The number of rotatable bonds is 4. The molecule has 8 nitrogen and oxygen atoms in total. The molecule has 0 aromatic heterocycles. The van der Waals surface area contributed by atoms with E-state index >= 15 is 0 Å². The molecule has 0 bridgehead atoms. The van der Waals surface area contributed by atoms with Gasteiger partial charge in [0.05, 0.1) is 35.5 Å². The largest absolute Gasteiger partial charge is 0.396 e. The van der Waals surface area contributed by atoms with E-state index in [0.717, 1.165) is 24.9 Å². The molecule has 1 aromatic rings. The zero-order chi connectivity index (χ0) is 21.7. The van der Waals surface area contributed by atoms with Gasteiger partial charge in [-0.25, -0.2) is 0 Å². The fraction of sp³-hybridized carbons (Fsp3) is 0.611. The number of aliphatic hydroxyl groups excluding tert-OH is 1. The van der Waals surface area contributed by atoms with E-state index in [4.69, 9.17) is 32.5 Å². The van der Waals surface area contributed by atoms with Crippen molar-refractivity contribution >= 4 is 39.2 Å². The highest BCUT2D eigenvalue weighted by molar-refractivity contribution is 7.85. The lowest BCUT2D eigenvalue weighted by Crippen LogP contribution is -2.55. The van der Waals surface area contributed by atoms with Gasteiger partial charge in [-0.15, -0.1) is 0 Å². The molecule has 0 unspecified atom stereocenters. The number of hydrogen-bond acceptors (Lipinski definition) is 6. The molecule has 2 heterocycles. The van der Waals surface area contributed by atoms with Crippen LogP contribution in [0.1, 0.15) is 24.8 Å². The monoisotopic (exact) mass is 468 g/mol. The number of amides is 1. The van der Waals surface area contributed by atoms with Crippen LogP contribution in [-0.4, -0.2) is 74.0 Å². The van der Waals surface area contributed by atoms with E-state index in [0.29, 0.717) is 42.4 Å². The van der Waals surface area contributed by atoms with E-state index in [2.05, 4.69) is 5.32 Å². The third-order valence-electron chi connectivity index (χ3n) is 4.82. The van der Waals surface area contributed by atoms with Crippen molar-refractivity contribution in [1.82, 2.24) is 10.2 Å². The standard InChI is InChI=1S/C17H22Cl2N2O3.CH4O3S/c18-13-4-3-12(10-14(13)19)17(5-8-22)11-21(7-9-24-17)16(23)15-2-1-6-20-15;1-5(2,3)4/h3-4,10,15,20,22H,1-2,5-9,11H2;1H3,(H,2,3,4)/t15-,17-;/m0./s1. The lowest BCUT2D eigenvalue weighted by Gasteiger charge is -2.43. The summed E-state index contributed by atoms with van der Waals surface area (Å²) in [6.07, 6.45) is 3.01. The van der Waals surface area contributed by atoms with E-state index < -0.39 is 15.7 Å². The molecule has 0 spiro atoms. The molecule has 164 valence electrons. The highest BCUT2D eigenvalue weighted by Gasteiger charge is 2.41. The average molecular weight is 469 g/mol. The van der Waals surface area contributed by atoms with Gasteiger partial charge >= 0.3 is 0 Å². The maximum absolute atomic E-state index is 12.7. The van der Waals surface area contributed by atoms with Crippen LogP contribution in [0, 0.1) is 0 Å². The average Bonchev–Trinajstić information content (AvgIpc) is 3.17. The second kappa shape index (κ2) is 10.4. The van der Waals surface area contributed by atoms with E-state index in [1.54, 1.807) is 12.1 Å². The maximum Gasteiger partial charge on any atom is 0.261 e. The first-order valence-electron chi connectivity index (χ1n) is 9.21. The number of carbonyl (C=O) groups is 1. The van der Waals surface area contributed by atoms with Crippen molar-refractivity contribution in [3.8, 4) is 0 Å². The van der Waals surface area contributed by atoms with E-state index in [-0.39, 0.29) is 18.6 Å². The molecule has 29 heavy (non-hydrogen) atoms. The Kier molecular flexibility index (Phi) is 8.72. The molecule has 2 fully saturated rings. The Hall–Kier alpha value is -0.940. The smallest absolute Gasteiger partial charge is 0.261 e. The Labute approximate surface area is 180 Å². The van der Waals surface area contributed by atoms with Crippen LogP contribution >= 0.6 is 23.2 Å². The zero-order valence-electron chi connectivity index (χ0n) is 16.1. The van der Waals surface area contributed by atoms with E-state index in [1.807, 2.05) is 11.0 Å². The van der Waals surface area contributed by atoms with Crippen LogP contribution in [0.15, 0.2) is 18.2 Å². The molecule has 0 aliphatic carbocycles. The highest BCUT2D eigenvalue weighted by atomic mass is 35.5. The van der Waals surface area contributed by atoms with Gasteiger partial charge in [0.1, 0.15) is 5.60 Å². The summed E-state index contributed by atoms with van der Waals surface area (Å²) in [4.78, 5) is 14.6. The number of carbonyl (C=O) groups excluding carboxylic acids is 1. The highest BCUT2D eigenvalue weighted by Crippen LogP contribution is 2.36. The van der Waals surface area contributed by atoms with Gasteiger partial charge in [0.15, 0.2) is 0 Å². The molecular weight excluding hydrogens is 443 g/mol. The van der Waals surface area contributed by atoms with Crippen molar-refractivity contribution in [2.75, 3.05) is 39.1 Å². The second-order valence-corrected chi connectivity index (χ2v) is 9.37. The molecular formula is C18H26Cl2N2O6S. The van der Waals surface area contributed by atoms with Crippen LogP contribution in [0.5, 0.6) is 0 Å². The molecule has 1 amide bonds. The number of nitrogens with one attached hydrogen (secondary N) is 1. The number of hydrogen-bond donors (Lipinski definition) is 3. The van der Waals surface area contributed by atoms with Crippen molar-refractivity contribution in [2.45, 2.75) is 30.9 Å². The first kappa shape index (κ1) is 24.3. The summed E-state index contributed by atoms with van der Waals surface area (Å²) in [6.45, 7) is 2.24. The quantitative estimate of drug-likeness (QED) is 0.575. The normalized spacial score (nSPS) is 24.7. The minimum atomic E-state index is -3.67. The van der Waals surface area contributed by atoms with Crippen LogP contribution in [0.2, 0.25) is 10.0 Å². The Morgan fingerprint density at radius 2 is 2.07 bits per heavy atom. The molecule has 2 aliphatic rings. The summed E-state index contributed by atoms with van der Waals surface area (Å²) in [5.74, 6) is 0.109. The molecule has 0 radical (unpaired) electrons. The predicted molar refractivity (Wildman–Crippen MR) is 111 cm³/mol. The SMILES string of the molecule is CS(=O)(=O)O.O=C([C@@H]1CCCN1)N1CCO[C@](CCO)(c2ccc(Cl)c(Cl)c2)C1. The van der Waals surface area contributed by atoms with Crippen molar-refractivity contribution in [3.63, 3.8) is 0 Å². The van der Waals surface area contributed by atoms with Crippen LogP contribution in [-0.2, 0) is 25.3 Å². The number of morpholine rings is 1. The Bertz CT molecular complexity index is 805. The Balaban J connectivity index is 0.000000537. The number of benzene rings is 1. The van der Waals surface area contributed by atoms with Crippen LogP contribution in [0.25, 0.3) is 0 Å². The van der Waals surface area contributed by atoms with Gasteiger partial charge in [0, 0.05) is 19.6 Å². The predicted octanol–water partition coefficient (Wildman–Crippen LogP) is 1.69. The molecule has 11 heteroatoms. The first-order chi connectivity index (χ1) is 13.6. The summed E-state index contributed by atoms with van der Waals surface area (Å²) >= 11 is 12.2. The summed E-state index contributed by atoms with van der Waals surface area (Å²) in [6, 6.07) is 5.23. The molecule has 0 saturated carbocycles. The third-order valence-corrected chi connectivity index (χ3v) is 5.56. The topological polar surface area (TPSA) is 116 Å². The number of halogens is 2. The van der Waals surface area contributed by atoms with Crippen molar-refractivity contribution < 1.29 is 27.6 Å². The van der Waals surface area contributed by atoms with Gasteiger partial charge < -0.3 is 20.1 Å². The summed E-state index contributed by atoms with van der Waals surface area (Å²) in [5, 5.41) is 13.7. The van der Waals surface area contributed by atoms with Gasteiger partial charge in [-0.1, -0.05) is 29.3 Å². The maximum atomic E-state index is 12.7. The lowest BCUT2D eigenvalue weighted by molar-refractivity contribution is -0.157. The minimum Gasteiger partial charge on any atom is -0.396 e. The molecule has 3 rings (SSSR count). The zero-order valence-corrected chi connectivity index (χ0v) is 18.4. The Morgan fingerprint density at radius 1 is 1.38 bits per heavy atom.